The molecule has 3 atom stereocenters. The van der Waals surface area contributed by atoms with Gasteiger partial charge in [-0.25, -0.2) is 0 Å². The van der Waals surface area contributed by atoms with E-state index in [-0.39, 0.29) is 11.4 Å². The van der Waals surface area contributed by atoms with Crippen molar-refractivity contribution in [3.63, 3.8) is 0 Å². The van der Waals surface area contributed by atoms with Crippen molar-refractivity contribution in [2.75, 3.05) is 5.32 Å². The van der Waals surface area contributed by atoms with Crippen molar-refractivity contribution in [3.05, 3.63) is 83.3 Å². The van der Waals surface area contributed by atoms with Gasteiger partial charge in [0.2, 0.25) is 0 Å². The molecule has 4 heteroatoms. The molecule has 1 aliphatic carbocycles. The second kappa shape index (κ2) is 9.36. The molecule has 29 heavy (non-hydrogen) atoms. The Labute approximate surface area is 177 Å². The van der Waals surface area contributed by atoms with Gasteiger partial charge in [0, 0.05) is 11.7 Å². The number of thioether (sulfide) groups is 1. The second-order valence-electron chi connectivity index (χ2n) is 7.82. The van der Waals surface area contributed by atoms with E-state index in [1.165, 1.54) is 19.3 Å². The Morgan fingerprint density at radius 3 is 2.41 bits per heavy atom. The topological polar surface area (TPSA) is 32.3 Å². The highest BCUT2D eigenvalue weighted by Gasteiger charge is 2.42. The molecule has 150 valence electrons. The van der Waals surface area contributed by atoms with Crippen molar-refractivity contribution in [3.8, 4) is 0 Å². The van der Waals surface area contributed by atoms with E-state index in [2.05, 4.69) is 41.4 Å². The van der Waals surface area contributed by atoms with Gasteiger partial charge >= 0.3 is 0 Å². The van der Waals surface area contributed by atoms with E-state index < -0.39 is 0 Å². The lowest BCUT2D eigenvalue weighted by Crippen LogP contribution is -2.48. The van der Waals surface area contributed by atoms with Gasteiger partial charge in [0.25, 0.3) is 5.91 Å². The van der Waals surface area contributed by atoms with Gasteiger partial charge in [-0.2, -0.15) is 0 Å². The van der Waals surface area contributed by atoms with Crippen molar-refractivity contribution in [1.82, 2.24) is 4.90 Å². The van der Waals surface area contributed by atoms with Gasteiger partial charge in [0.15, 0.2) is 5.50 Å². The van der Waals surface area contributed by atoms with Crippen LogP contribution in [0.15, 0.2) is 77.7 Å². The molecule has 2 fully saturated rings. The minimum atomic E-state index is -0.0631. The predicted octanol–water partition coefficient (Wildman–Crippen LogP) is 6.13. The number of hydrogen-bond acceptors (Lipinski definition) is 3. The Hall–Kier alpha value is -2.46. The first-order valence-electron chi connectivity index (χ1n) is 10.5. The first-order valence-corrected chi connectivity index (χ1v) is 11.3. The molecule has 1 saturated heterocycles. The molecule has 0 bridgehead atoms. The highest BCUT2D eigenvalue weighted by atomic mass is 32.2. The number of rotatable bonds is 5. The maximum Gasteiger partial charge on any atom is 0.262 e. The summed E-state index contributed by atoms with van der Waals surface area (Å²) in [6.07, 6.45) is 10.8. The van der Waals surface area contributed by atoms with Crippen molar-refractivity contribution in [1.29, 1.82) is 0 Å². The minimum absolute atomic E-state index is 0.0631. The monoisotopic (exact) mass is 404 g/mol. The summed E-state index contributed by atoms with van der Waals surface area (Å²) in [5.41, 5.74) is 2.12. The van der Waals surface area contributed by atoms with Gasteiger partial charge in [0.1, 0.15) is 0 Å². The average molecular weight is 405 g/mol. The van der Waals surface area contributed by atoms with Crippen LogP contribution in [0.25, 0.3) is 6.08 Å². The summed E-state index contributed by atoms with van der Waals surface area (Å²) in [5, 5.41) is 3.58. The van der Waals surface area contributed by atoms with E-state index in [1.54, 1.807) is 11.8 Å². The third-order valence-electron chi connectivity index (χ3n) is 5.76. The molecule has 1 heterocycles. The van der Waals surface area contributed by atoms with Gasteiger partial charge in [-0.1, -0.05) is 92.2 Å². The fraction of sp³-hybridized carbons (Fsp3) is 0.320. The molecular formula is C25H28N2OS. The van der Waals surface area contributed by atoms with Gasteiger partial charge < -0.3 is 10.2 Å². The van der Waals surface area contributed by atoms with Crippen LogP contribution >= 0.6 is 11.8 Å². The molecule has 1 saturated carbocycles. The first kappa shape index (κ1) is 19.8. The average Bonchev–Trinajstić information content (AvgIpc) is 3.05. The van der Waals surface area contributed by atoms with E-state index in [0.29, 0.717) is 12.0 Å². The number of nitrogens with one attached hydrogen (secondary N) is 1. The Morgan fingerprint density at radius 2 is 1.69 bits per heavy atom. The van der Waals surface area contributed by atoms with Crippen LogP contribution in [0.2, 0.25) is 0 Å². The smallest absolute Gasteiger partial charge is 0.262 e. The molecule has 1 aliphatic heterocycles. The molecular weight excluding hydrogens is 376 g/mol. The van der Waals surface area contributed by atoms with Crippen molar-refractivity contribution in [2.24, 2.45) is 5.92 Å². The van der Waals surface area contributed by atoms with Gasteiger partial charge in [-0.15, -0.1) is 0 Å². The molecule has 3 nitrogen and oxygen atoms in total. The number of para-hydroxylation sites is 1. The molecule has 4 rings (SSSR count). The Bertz CT molecular complexity index is 878. The third-order valence-corrected chi connectivity index (χ3v) is 6.89. The summed E-state index contributed by atoms with van der Waals surface area (Å²) >= 11 is 1.63. The molecule has 0 radical (unpaired) electrons. The summed E-state index contributed by atoms with van der Waals surface area (Å²) in [5.74, 6) is 0.687. The summed E-state index contributed by atoms with van der Waals surface area (Å²) in [6.45, 7) is 2.29. The van der Waals surface area contributed by atoms with E-state index in [4.69, 9.17) is 0 Å². The molecule has 1 unspecified atom stereocenters. The summed E-state index contributed by atoms with van der Waals surface area (Å²) in [4.78, 5) is 16.3. The van der Waals surface area contributed by atoms with Crippen LogP contribution in [0.4, 0.5) is 5.69 Å². The van der Waals surface area contributed by atoms with Crippen LogP contribution in [-0.2, 0) is 4.79 Å². The zero-order valence-electron chi connectivity index (χ0n) is 16.8. The Morgan fingerprint density at radius 1 is 1.00 bits per heavy atom. The van der Waals surface area contributed by atoms with Crippen molar-refractivity contribution >= 4 is 29.4 Å². The zero-order chi connectivity index (χ0) is 20.1. The van der Waals surface area contributed by atoms with Crippen LogP contribution in [-0.4, -0.2) is 22.3 Å². The zero-order valence-corrected chi connectivity index (χ0v) is 17.6. The van der Waals surface area contributed by atoms with Crippen LogP contribution in [0.3, 0.4) is 0 Å². The number of hydrogen-bond donors (Lipinski definition) is 1. The molecule has 2 aromatic carbocycles. The standard InChI is InChI=1S/C25H28N2OS/c1-19-11-8-9-17-22(19)27-24(28)23(18-10-14-20-12-4-2-5-13-20)29-25(27)26-21-15-6-3-7-16-21/h2-7,10,12-16,18-19,22,25-26H,8-9,11,17H2,1H3/b14-10+,23-18-/t19-,22-,25?/m1/s1. The van der Waals surface area contributed by atoms with Gasteiger partial charge in [-0.05, 0) is 42.5 Å². The maximum absolute atomic E-state index is 13.4. The number of amides is 1. The summed E-state index contributed by atoms with van der Waals surface area (Å²) < 4.78 is 0. The quantitative estimate of drug-likeness (QED) is 0.608. The molecule has 0 spiro atoms. The molecule has 2 aromatic rings. The molecule has 1 amide bonds. The number of benzene rings is 2. The highest BCUT2D eigenvalue weighted by molar-refractivity contribution is 8.05. The van der Waals surface area contributed by atoms with Gasteiger partial charge in [0.05, 0.1) is 4.91 Å². The van der Waals surface area contributed by atoms with Crippen LogP contribution in [0, 0.1) is 5.92 Å². The Kier molecular flexibility index (Phi) is 6.40. The molecule has 0 aromatic heterocycles. The van der Waals surface area contributed by atoms with E-state index in [0.717, 1.165) is 22.6 Å². The number of anilines is 1. The largest absolute Gasteiger partial charge is 0.356 e. The Balaban J connectivity index is 1.57. The summed E-state index contributed by atoms with van der Waals surface area (Å²) in [6, 6.07) is 20.7. The number of carbonyl (C=O) groups excluding carboxylic acids is 1. The normalized spacial score (nSPS) is 26.4. The number of carbonyl (C=O) groups is 1. The fourth-order valence-corrected chi connectivity index (χ4v) is 5.36. The third kappa shape index (κ3) is 4.76. The van der Waals surface area contributed by atoms with Gasteiger partial charge in [-0.3, -0.25) is 4.79 Å². The SMILES string of the molecule is C[C@@H]1CCCC[C@H]1N1C(=O)/C(=C/C=C/c2ccccc2)SC1Nc1ccccc1. The van der Waals surface area contributed by atoms with Crippen LogP contribution in [0.1, 0.15) is 38.2 Å². The number of allylic oxidation sites excluding steroid dienone is 2. The van der Waals surface area contributed by atoms with E-state index >= 15 is 0 Å². The highest BCUT2D eigenvalue weighted by Crippen LogP contribution is 2.41. The minimum Gasteiger partial charge on any atom is -0.356 e. The summed E-state index contributed by atoms with van der Waals surface area (Å²) in [7, 11) is 0. The molecule has 2 aliphatic rings. The maximum atomic E-state index is 13.4. The van der Waals surface area contributed by atoms with Crippen molar-refractivity contribution < 1.29 is 4.79 Å². The van der Waals surface area contributed by atoms with Crippen molar-refractivity contribution in [2.45, 2.75) is 44.1 Å². The lowest BCUT2D eigenvalue weighted by Gasteiger charge is -2.39. The predicted molar refractivity (Wildman–Crippen MR) is 123 cm³/mol. The van der Waals surface area contributed by atoms with E-state index in [1.807, 2.05) is 54.6 Å². The number of nitrogens with zero attached hydrogens (tertiary/aromatic N) is 1. The first-order chi connectivity index (χ1) is 14.2. The fourth-order valence-electron chi connectivity index (χ4n) is 4.19. The van der Waals surface area contributed by atoms with Crippen LogP contribution in [0.5, 0.6) is 0 Å². The lowest BCUT2D eigenvalue weighted by molar-refractivity contribution is -0.129. The van der Waals surface area contributed by atoms with Crippen LogP contribution < -0.4 is 5.32 Å². The lowest BCUT2D eigenvalue weighted by atomic mass is 9.85. The van der Waals surface area contributed by atoms with E-state index in [9.17, 15) is 4.79 Å². The molecule has 1 N–H and O–H groups in total. The second-order valence-corrected chi connectivity index (χ2v) is 8.94.